The van der Waals surface area contributed by atoms with Crippen LogP contribution in [0.1, 0.15) is 62.0 Å². The molecule has 30 heavy (non-hydrogen) atoms. The van der Waals surface area contributed by atoms with Crippen LogP contribution in [0.25, 0.3) is 0 Å². The summed E-state index contributed by atoms with van der Waals surface area (Å²) < 4.78 is 12.0. The van der Waals surface area contributed by atoms with Crippen LogP contribution in [0, 0.1) is 25.7 Å². The Morgan fingerprint density at radius 2 is 1.47 bits per heavy atom. The molecule has 1 unspecified atom stereocenters. The third kappa shape index (κ3) is 8.47. The number of hydrogen-bond donors (Lipinski definition) is 0. The molecule has 0 saturated carbocycles. The molecule has 0 aromatic heterocycles. The van der Waals surface area contributed by atoms with E-state index in [0.717, 1.165) is 46.3 Å². The summed E-state index contributed by atoms with van der Waals surface area (Å²) in [6, 6.07) is 11.9. The number of ether oxygens (including phenoxy) is 2. The Balaban J connectivity index is 0.00000450. The van der Waals surface area contributed by atoms with E-state index in [9.17, 15) is 4.79 Å². The van der Waals surface area contributed by atoms with E-state index in [4.69, 9.17) is 9.47 Å². The second-order valence-electron chi connectivity index (χ2n) is 8.44. The van der Waals surface area contributed by atoms with Crippen LogP contribution in [0.5, 0.6) is 11.5 Å². The van der Waals surface area contributed by atoms with E-state index in [1.807, 2.05) is 50.2 Å². The zero-order valence-electron chi connectivity index (χ0n) is 18.7. The van der Waals surface area contributed by atoms with Crippen molar-refractivity contribution < 1.29 is 14.3 Å². The van der Waals surface area contributed by atoms with Gasteiger partial charge in [-0.3, -0.25) is 4.79 Å². The van der Waals surface area contributed by atoms with Crippen LogP contribution in [-0.4, -0.2) is 37.6 Å². The predicted molar refractivity (Wildman–Crippen MR) is 132 cm³/mol. The summed E-state index contributed by atoms with van der Waals surface area (Å²) in [6.07, 6.45) is 1.99. The summed E-state index contributed by atoms with van der Waals surface area (Å²) in [5, 5.41) is 0.942. The van der Waals surface area contributed by atoms with E-state index in [1.54, 1.807) is 0 Å². The van der Waals surface area contributed by atoms with Crippen molar-refractivity contribution in [2.24, 2.45) is 11.8 Å². The normalized spacial score (nSPS) is 11.2. The van der Waals surface area contributed by atoms with Gasteiger partial charge in [-0.05, 0) is 70.4 Å². The van der Waals surface area contributed by atoms with Crippen LogP contribution in [0.15, 0.2) is 36.4 Å². The molecule has 0 heterocycles. The number of carbonyl (C=O) groups excluding carboxylic acids is 1. The van der Waals surface area contributed by atoms with Crippen molar-refractivity contribution in [2.45, 2.75) is 54.4 Å². The molecule has 2 aromatic carbocycles. The molecule has 2 rings (SSSR count). The van der Waals surface area contributed by atoms with E-state index >= 15 is 0 Å². The van der Waals surface area contributed by atoms with Gasteiger partial charge in [0.15, 0.2) is 5.52 Å². The Kier molecular flexibility index (Phi) is 11.8. The molecule has 0 bridgehead atoms. The van der Waals surface area contributed by atoms with Crippen LogP contribution in [0.2, 0.25) is 0 Å². The van der Waals surface area contributed by atoms with Gasteiger partial charge in [-0.2, -0.15) is 0 Å². The number of rotatable bonds is 11. The summed E-state index contributed by atoms with van der Waals surface area (Å²) in [6.45, 7) is 14.1. The van der Waals surface area contributed by atoms with E-state index in [1.165, 1.54) is 0 Å². The molecule has 2 aromatic rings. The molecule has 0 aliphatic carbocycles. The van der Waals surface area contributed by atoms with E-state index in [0.29, 0.717) is 25.0 Å². The molecule has 160 valence electrons. The minimum absolute atomic E-state index is 0. The number of aryl methyl sites for hydroxylation is 2. The van der Waals surface area contributed by atoms with Gasteiger partial charge in [0.25, 0.3) is 0 Å². The van der Waals surface area contributed by atoms with Crippen LogP contribution < -0.4 is 14.8 Å². The maximum atomic E-state index is 13.0. The Morgan fingerprint density at radius 1 is 0.900 bits per heavy atom. The first-order valence-electron chi connectivity index (χ1n) is 10.5. The van der Waals surface area contributed by atoms with Gasteiger partial charge in [-0.25, -0.2) is 0 Å². The third-order valence-corrected chi connectivity index (χ3v) is 5.99. The second-order valence-corrected chi connectivity index (χ2v) is 9.68. The van der Waals surface area contributed by atoms with Crippen LogP contribution >= 0.6 is 8.58 Å². The van der Waals surface area contributed by atoms with Gasteiger partial charge in [0.05, 0.1) is 13.2 Å². The molecule has 0 N–H and O–H groups in total. The van der Waals surface area contributed by atoms with Crippen molar-refractivity contribution >= 4 is 38.3 Å². The van der Waals surface area contributed by atoms with Gasteiger partial charge >= 0.3 is 18.9 Å². The SMILES string of the molecule is Cc1cccc(C)c1C(=O)Pc1ccc(OCCC(C)C)cc1OCCC(C)C.[LiH]. The van der Waals surface area contributed by atoms with Gasteiger partial charge < -0.3 is 9.47 Å². The molecule has 3 nitrogen and oxygen atoms in total. The van der Waals surface area contributed by atoms with Crippen molar-refractivity contribution in [1.29, 1.82) is 0 Å². The Morgan fingerprint density at radius 3 is 2.03 bits per heavy atom. The van der Waals surface area contributed by atoms with E-state index < -0.39 is 0 Å². The standard InChI is InChI=1S/C25H35O3P.Li.H/c1-17(2)12-14-27-21-10-11-23(22(16-21)28-15-13-18(3)4)29-25(26)24-19(5)8-7-9-20(24)6;;/h7-11,16-18,29H,12-15H2,1-6H3;;. The van der Waals surface area contributed by atoms with Crippen molar-refractivity contribution in [2.75, 3.05) is 13.2 Å². The van der Waals surface area contributed by atoms with Crippen molar-refractivity contribution in [1.82, 2.24) is 0 Å². The van der Waals surface area contributed by atoms with Gasteiger partial charge in [0, 0.05) is 16.9 Å². The molecular weight excluding hydrogens is 386 g/mol. The fourth-order valence-corrected chi connectivity index (χ4v) is 4.19. The minimum atomic E-state index is 0. The fraction of sp³-hybridized carbons (Fsp3) is 0.480. The molecule has 0 saturated heterocycles. The van der Waals surface area contributed by atoms with Crippen molar-refractivity contribution in [3.63, 3.8) is 0 Å². The first-order valence-corrected chi connectivity index (χ1v) is 11.5. The van der Waals surface area contributed by atoms with Gasteiger partial charge in [0.2, 0.25) is 0 Å². The van der Waals surface area contributed by atoms with Crippen LogP contribution in [-0.2, 0) is 0 Å². The molecule has 0 aliphatic heterocycles. The summed E-state index contributed by atoms with van der Waals surface area (Å²) in [5.74, 6) is 2.75. The number of benzene rings is 2. The summed E-state index contributed by atoms with van der Waals surface area (Å²) in [7, 11) is 0.0283. The molecule has 1 atom stereocenters. The van der Waals surface area contributed by atoms with Crippen LogP contribution in [0.4, 0.5) is 0 Å². The van der Waals surface area contributed by atoms with Gasteiger partial charge in [-0.1, -0.05) is 45.9 Å². The average molecular weight is 422 g/mol. The Hall–Kier alpha value is -1.26. The number of hydrogen-bond acceptors (Lipinski definition) is 3. The third-order valence-electron chi connectivity index (χ3n) is 4.83. The summed E-state index contributed by atoms with van der Waals surface area (Å²) in [5.41, 5.74) is 3.04. The summed E-state index contributed by atoms with van der Waals surface area (Å²) in [4.78, 5) is 13.0. The predicted octanol–water partition coefficient (Wildman–Crippen LogP) is 5.65. The topological polar surface area (TPSA) is 35.5 Å². The zero-order chi connectivity index (χ0) is 21.4. The quantitative estimate of drug-likeness (QED) is 0.347. The molecule has 0 spiro atoms. The zero-order valence-corrected chi connectivity index (χ0v) is 19.7. The van der Waals surface area contributed by atoms with Crippen molar-refractivity contribution in [3.05, 3.63) is 53.1 Å². The van der Waals surface area contributed by atoms with Gasteiger partial charge in [0.1, 0.15) is 11.5 Å². The maximum absolute atomic E-state index is 13.0. The molecular formula is C25H36LiO3P. The monoisotopic (exact) mass is 422 g/mol. The van der Waals surface area contributed by atoms with Gasteiger partial charge in [-0.15, -0.1) is 0 Å². The molecule has 0 amide bonds. The first-order chi connectivity index (χ1) is 13.8. The van der Waals surface area contributed by atoms with Crippen LogP contribution in [0.3, 0.4) is 0 Å². The van der Waals surface area contributed by atoms with E-state index in [2.05, 4.69) is 27.7 Å². The fourth-order valence-electron chi connectivity index (χ4n) is 2.99. The Labute approximate surface area is 196 Å². The van der Waals surface area contributed by atoms with Crippen molar-refractivity contribution in [3.8, 4) is 11.5 Å². The molecule has 0 fully saturated rings. The summed E-state index contributed by atoms with van der Waals surface area (Å²) >= 11 is 0. The van der Waals surface area contributed by atoms with E-state index in [-0.39, 0.29) is 33.0 Å². The first kappa shape index (κ1) is 26.8. The molecule has 0 aliphatic rings. The number of carbonyl (C=O) groups is 1. The average Bonchev–Trinajstić information content (AvgIpc) is 2.63. The molecule has 0 radical (unpaired) electrons. The second kappa shape index (κ2) is 13.2. The molecule has 5 heteroatoms. The Bertz CT molecular complexity index is 798.